The Morgan fingerprint density at radius 3 is 2.46 bits per heavy atom. The highest BCUT2D eigenvalue weighted by Crippen LogP contribution is 2.65. The number of carbonyl (C=O) groups excluding carboxylic acids is 4. The predicted octanol–water partition coefficient (Wildman–Crippen LogP) is 3.46. The number of hydrogen-bond donors (Lipinski definition) is 1. The van der Waals surface area contributed by atoms with Gasteiger partial charge < -0.3 is 38.4 Å². The molecule has 1 unspecified atom stereocenters. The zero-order chi connectivity index (χ0) is 34.6. The van der Waals surface area contributed by atoms with Crippen LogP contribution in [0.5, 0.6) is 11.5 Å². The molecule has 2 heterocycles. The molecule has 0 radical (unpaired) electrons. The summed E-state index contributed by atoms with van der Waals surface area (Å²) in [4.78, 5) is 54.0. The molecule has 6 atom stereocenters. The first-order valence-corrected chi connectivity index (χ1v) is 16.0. The first-order valence-electron chi connectivity index (χ1n) is 16.0. The monoisotopic (exact) mass is 663 g/mol. The lowest BCUT2D eigenvalue weighted by atomic mass is 9.50. The lowest BCUT2D eigenvalue weighted by molar-refractivity contribution is -0.182. The molecule has 256 valence electrons. The normalized spacial score (nSPS) is 26.5. The van der Waals surface area contributed by atoms with Crippen molar-refractivity contribution in [3.63, 3.8) is 0 Å². The molecule has 12 nitrogen and oxygen atoms in total. The number of rotatable bonds is 9. The highest BCUT2D eigenvalue weighted by Gasteiger charge is 2.72. The smallest absolute Gasteiger partial charge is 0.357 e. The lowest BCUT2D eigenvalue weighted by Gasteiger charge is -2.61. The lowest BCUT2D eigenvalue weighted by Crippen LogP contribution is -2.74. The number of hydrogen-bond acceptors (Lipinski definition) is 12. The zero-order valence-corrected chi connectivity index (χ0v) is 27.9. The molecular formula is C36H41NO11. The van der Waals surface area contributed by atoms with Crippen LogP contribution < -0.4 is 9.47 Å². The molecule has 1 N–H and O–H groups in total. The van der Waals surface area contributed by atoms with Crippen LogP contribution >= 0.6 is 0 Å². The van der Waals surface area contributed by atoms with Crippen LogP contribution in [0, 0.1) is 0 Å². The Morgan fingerprint density at radius 1 is 1.06 bits per heavy atom. The van der Waals surface area contributed by atoms with E-state index in [4.69, 9.17) is 28.4 Å². The van der Waals surface area contributed by atoms with Gasteiger partial charge in [0.25, 0.3) is 0 Å². The maximum atomic E-state index is 14.0. The molecule has 1 saturated heterocycles. The summed E-state index contributed by atoms with van der Waals surface area (Å²) < 4.78 is 34.3. The number of likely N-dealkylation sites (N-methyl/N-ethyl adjacent to an activating group) is 1. The third-order valence-electron chi connectivity index (χ3n) is 9.67. The minimum atomic E-state index is -1.59. The van der Waals surface area contributed by atoms with Crippen molar-refractivity contribution in [1.29, 1.82) is 0 Å². The van der Waals surface area contributed by atoms with Crippen LogP contribution in [0.2, 0.25) is 0 Å². The molecule has 2 aliphatic heterocycles. The second-order valence-electron chi connectivity index (χ2n) is 13.8. The van der Waals surface area contributed by atoms with Crippen LogP contribution in [0.15, 0.2) is 54.3 Å². The fourth-order valence-electron chi connectivity index (χ4n) is 7.71. The van der Waals surface area contributed by atoms with Crippen LogP contribution in [0.3, 0.4) is 0 Å². The molecule has 2 bridgehead atoms. The van der Waals surface area contributed by atoms with Crippen LogP contribution in [0.4, 0.5) is 0 Å². The zero-order valence-electron chi connectivity index (χ0n) is 27.9. The first kappa shape index (κ1) is 33.5. The summed E-state index contributed by atoms with van der Waals surface area (Å²) in [7, 11) is 3.56. The predicted molar refractivity (Wildman–Crippen MR) is 169 cm³/mol. The summed E-state index contributed by atoms with van der Waals surface area (Å²) in [5.74, 6) is -2.38. The average molecular weight is 664 g/mol. The van der Waals surface area contributed by atoms with Gasteiger partial charge in [-0.15, -0.1) is 0 Å². The minimum absolute atomic E-state index is 0.189. The number of carbonyl (C=O) groups is 4. The third-order valence-corrected chi connectivity index (χ3v) is 9.67. The second-order valence-corrected chi connectivity index (χ2v) is 13.8. The number of ether oxygens (including phenoxy) is 6. The van der Waals surface area contributed by atoms with Gasteiger partial charge in [-0.05, 0) is 64.9 Å². The van der Waals surface area contributed by atoms with E-state index in [0.717, 1.165) is 18.1 Å². The summed E-state index contributed by atoms with van der Waals surface area (Å²) >= 11 is 0. The highest BCUT2D eigenvalue weighted by molar-refractivity contribution is 5.86. The van der Waals surface area contributed by atoms with Crippen LogP contribution in [-0.2, 0) is 50.0 Å². The van der Waals surface area contributed by atoms with Crippen LogP contribution in [0.1, 0.15) is 69.8 Å². The average Bonchev–Trinajstić information content (AvgIpc) is 3.38. The van der Waals surface area contributed by atoms with Gasteiger partial charge in [0, 0.05) is 30.5 Å². The van der Waals surface area contributed by atoms with Gasteiger partial charge in [0.15, 0.2) is 17.6 Å². The van der Waals surface area contributed by atoms with Crippen molar-refractivity contribution in [1.82, 2.24) is 4.90 Å². The molecule has 0 aromatic heterocycles. The van der Waals surface area contributed by atoms with Gasteiger partial charge in [0.2, 0.25) is 12.2 Å². The number of aliphatic hydroxyl groups is 1. The van der Waals surface area contributed by atoms with Crippen molar-refractivity contribution >= 4 is 23.9 Å². The second kappa shape index (κ2) is 12.2. The number of likely N-dealkylation sites (tertiary alicyclic amines) is 1. The van der Waals surface area contributed by atoms with Gasteiger partial charge in [-0.2, -0.15) is 0 Å². The molecule has 6 rings (SSSR count). The van der Waals surface area contributed by atoms with Gasteiger partial charge in [0.1, 0.15) is 11.4 Å². The highest BCUT2D eigenvalue weighted by atomic mass is 16.6. The Balaban J connectivity index is 1.29. The Hall–Kier alpha value is -4.42. The van der Waals surface area contributed by atoms with Crippen molar-refractivity contribution in [2.75, 3.05) is 20.7 Å². The summed E-state index contributed by atoms with van der Waals surface area (Å²) in [6.07, 6.45) is -1.61. The molecule has 2 aromatic carbocycles. The summed E-state index contributed by atoms with van der Waals surface area (Å²) in [5.41, 5.74) is -0.775. The summed E-state index contributed by atoms with van der Waals surface area (Å²) in [6.45, 7) is 6.70. The molecular weight excluding hydrogens is 622 g/mol. The van der Waals surface area contributed by atoms with Crippen LogP contribution in [0.25, 0.3) is 0 Å². The molecule has 0 saturated carbocycles. The van der Waals surface area contributed by atoms with Crippen LogP contribution in [-0.4, -0.2) is 84.0 Å². The Bertz CT molecular complexity index is 1660. The van der Waals surface area contributed by atoms with Crippen molar-refractivity contribution < 1.29 is 52.7 Å². The van der Waals surface area contributed by atoms with Gasteiger partial charge >= 0.3 is 23.9 Å². The Kier molecular flexibility index (Phi) is 8.53. The molecule has 4 aliphatic rings. The molecule has 1 spiro atoms. The number of methoxy groups -OCH3 is 1. The van der Waals surface area contributed by atoms with E-state index in [2.05, 4.69) is 4.90 Å². The Morgan fingerprint density at radius 2 is 1.79 bits per heavy atom. The van der Waals surface area contributed by atoms with E-state index in [-0.39, 0.29) is 18.2 Å². The molecule has 0 amide bonds. The maximum Gasteiger partial charge on any atom is 0.357 e. The fourth-order valence-corrected chi connectivity index (χ4v) is 7.71. The van der Waals surface area contributed by atoms with Gasteiger partial charge in [0.05, 0.1) is 24.5 Å². The molecule has 1 fully saturated rings. The maximum absolute atomic E-state index is 14.0. The molecule has 2 aliphatic carbocycles. The van der Waals surface area contributed by atoms with E-state index in [0.29, 0.717) is 36.4 Å². The number of nitrogens with zero attached hydrogens (tertiary/aromatic N) is 1. The molecule has 12 heteroatoms. The quantitative estimate of drug-likeness (QED) is 0.310. The van der Waals surface area contributed by atoms with Crippen molar-refractivity contribution in [2.24, 2.45) is 0 Å². The van der Waals surface area contributed by atoms with Gasteiger partial charge in [-0.25, -0.2) is 9.59 Å². The molecule has 2 aromatic rings. The Labute approximate surface area is 278 Å². The van der Waals surface area contributed by atoms with Gasteiger partial charge in [-0.1, -0.05) is 36.4 Å². The SMILES string of the molecule is COc1ccc2c3c1O[C@H]1C(OC(=O)[C@@H](OC(=O)CC(OC(C)=O)C(=O)OC(C)(C)C)c4ccccc4)=CC[C@@]4(O)[C@@H](C2)N(C)CC[C@]314. The van der Waals surface area contributed by atoms with Crippen molar-refractivity contribution in [3.05, 3.63) is 71.0 Å². The number of esters is 4. The minimum Gasteiger partial charge on any atom is -0.493 e. The first-order chi connectivity index (χ1) is 22.7. The summed E-state index contributed by atoms with van der Waals surface area (Å²) in [6, 6.07) is 12.0. The summed E-state index contributed by atoms with van der Waals surface area (Å²) in [5, 5.41) is 12.5. The van der Waals surface area contributed by atoms with E-state index in [1.54, 1.807) is 64.3 Å². The van der Waals surface area contributed by atoms with E-state index >= 15 is 0 Å². The largest absolute Gasteiger partial charge is 0.493 e. The third kappa shape index (κ3) is 5.60. The number of piperidine rings is 1. The fraction of sp³-hybridized carbons (Fsp3) is 0.500. The van der Waals surface area contributed by atoms with Gasteiger partial charge in [-0.3, -0.25) is 9.59 Å². The molecule has 48 heavy (non-hydrogen) atoms. The topological polar surface area (TPSA) is 147 Å². The van der Waals surface area contributed by atoms with E-state index in [9.17, 15) is 24.3 Å². The van der Waals surface area contributed by atoms with Crippen molar-refractivity contribution in [3.8, 4) is 11.5 Å². The number of benzene rings is 2. The van der Waals surface area contributed by atoms with E-state index in [1.165, 1.54) is 0 Å². The van der Waals surface area contributed by atoms with Crippen molar-refractivity contribution in [2.45, 2.75) is 94.3 Å². The van der Waals surface area contributed by atoms with E-state index < -0.39 is 65.2 Å². The standard InChI is InChI=1S/C36H41NO11/c1-20(38)44-25(32(40)48-34(2,3)4)19-27(39)46-29(21-10-8-7-9-11-21)33(41)45-24-14-15-36(42)26-18-22-12-13-23(43-6)30-28(22)35(36,31(24)47-30)16-17-37(26)5/h7-14,25-26,29,31,42H,15-19H2,1-6H3/t25?,26-,29+,31+,35+,36-/m1/s1. The van der Waals surface area contributed by atoms with E-state index in [1.807, 2.05) is 19.2 Å².